The topological polar surface area (TPSA) is 207 Å². The largest absolute Gasteiger partial charge is 0.387 e. The Morgan fingerprint density at radius 2 is 1.12 bits per heavy atom. The lowest BCUT2D eigenvalue weighted by molar-refractivity contribution is -0.148. The number of aromatic nitrogens is 4. The van der Waals surface area contributed by atoms with Crippen LogP contribution in [0.2, 0.25) is 0 Å². The van der Waals surface area contributed by atoms with E-state index in [0.29, 0.717) is 0 Å². The molecule has 4 unspecified atom stereocenters. The van der Waals surface area contributed by atoms with Crippen molar-refractivity contribution in [3.8, 4) is 0 Å². The highest BCUT2D eigenvalue weighted by Crippen LogP contribution is 2.10. The van der Waals surface area contributed by atoms with E-state index in [2.05, 4.69) is 32.3 Å². The minimum Gasteiger partial charge on any atom is -0.387 e. The highest BCUT2D eigenvalue weighted by molar-refractivity contribution is 6.45. The molecule has 0 aliphatic rings. The lowest BCUT2D eigenvalue weighted by Gasteiger charge is -2.24. The van der Waals surface area contributed by atoms with Gasteiger partial charge in [-0.25, -0.2) is 9.97 Å². The van der Waals surface area contributed by atoms with Crippen molar-refractivity contribution in [2.24, 2.45) is 0 Å². The Balaban J connectivity index is 2.06. The summed E-state index contributed by atoms with van der Waals surface area (Å²) in [4.78, 5) is 58.3. The number of rotatable bonds is 9. The van der Waals surface area contributed by atoms with Gasteiger partial charge in [-0.05, 0) is 0 Å². The Morgan fingerprint density at radius 1 is 0.769 bits per heavy atom. The highest BCUT2D eigenvalue weighted by atomic mass is 16.4. The normalized spacial score (nSPS) is 15.7. The summed E-state index contributed by atoms with van der Waals surface area (Å²) >= 11 is 0. The molecule has 26 heavy (non-hydrogen) atoms. The fraction of sp³-hybridized carbons (Fsp3) is 0.286. The lowest BCUT2D eigenvalue weighted by atomic mass is 9.95. The van der Waals surface area contributed by atoms with Gasteiger partial charge < -0.3 is 30.4 Å². The van der Waals surface area contributed by atoms with Crippen LogP contribution in [0.4, 0.5) is 0 Å². The fourth-order valence-electron chi connectivity index (χ4n) is 1.88. The summed E-state index contributed by atoms with van der Waals surface area (Å²) in [6, 6.07) is 0. The predicted molar refractivity (Wildman–Crippen MR) is 77.5 cm³/mol. The summed E-state index contributed by atoms with van der Waals surface area (Å²) in [5, 5.41) is 39.0. The summed E-state index contributed by atoms with van der Waals surface area (Å²) in [7, 11) is 0. The van der Waals surface area contributed by atoms with Crippen molar-refractivity contribution in [1.82, 2.24) is 19.9 Å². The standard InChI is InChI=1S/C14H12N4O8/c19-5(7(21)9(23)11(25)13-15-1-2-16-13)6(20)8(22)10(24)12(26)14-17-3-4-18-14/h1,3,5-8,19-22H,(H,15,16)(H,17,18). The number of hydrogen-bond donors (Lipinski definition) is 6. The number of ketones is 4. The zero-order valence-electron chi connectivity index (χ0n) is 12.8. The molecular formula is C14H12N4O8. The molecule has 6 N–H and O–H groups in total. The molecule has 2 heterocycles. The van der Waals surface area contributed by atoms with Crippen LogP contribution >= 0.6 is 0 Å². The molecule has 0 saturated carbocycles. The van der Waals surface area contributed by atoms with Crippen molar-refractivity contribution in [2.75, 3.05) is 0 Å². The van der Waals surface area contributed by atoms with E-state index in [1.165, 1.54) is 0 Å². The molecular weight excluding hydrogens is 352 g/mol. The quantitative estimate of drug-likeness (QED) is 0.190. The van der Waals surface area contributed by atoms with Crippen LogP contribution in [0.3, 0.4) is 0 Å². The van der Waals surface area contributed by atoms with E-state index >= 15 is 0 Å². The smallest absolute Gasteiger partial charge is 0.266 e. The molecule has 12 nitrogen and oxygen atoms in total. The second kappa shape index (κ2) is 7.88. The summed E-state index contributed by atoms with van der Waals surface area (Å²) in [5.41, 5.74) is 0. The maximum Gasteiger partial charge on any atom is 0.266 e. The minimum atomic E-state index is -2.49. The third kappa shape index (κ3) is 3.78. The van der Waals surface area contributed by atoms with Gasteiger partial charge in [-0.15, -0.1) is 0 Å². The molecule has 0 bridgehead atoms. The molecule has 136 valence electrons. The fourth-order valence-corrected chi connectivity index (χ4v) is 1.88. The number of aliphatic hydroxyl groups excluding tert-OH is 4. The number of nitrogens with zero attached hydrogens (tertiary/aromatic N) is 2. The number of imidazole rings is 2. The maximum atomic E-state index is 11.8. The van der Waals surface area contributed by atoms with Gasteiger partial charge in [-0.1, -0.05) is 0 Å². The number of hydrogen-bond acceptors (Lipinski definition) is 10. The van der Waals surface area contributed by atoms with Crippen LogP contribution in [-0.2, 0) is 9.59 Å². The van der Waals surface area contributed by atoms with Gasteiger partial charge in [0, 0.05) is 12.4 Å². The van der Waals surface area contributed by atoms with Gasteiger partial charge in [-0.2, -0.15) is 0 Å². The Morgan fingerprint density at radius 3 is 1.38 bits per heavy atom. The van der Waals surface area contributed by atoms with Crippen molar-refractivity contribution >= 4 is 23.1 Å². The van der Waals surface area contributed by atoms with Gasteiger partial charge in [-0.3, -0.25) is 19.2 Å². The third-order valence-electron chi connectivity index (χ3n) is 3.31. The van der Waals surface area contributed by atoms with E-state index in [1.54, 1.807) is 0 Å². The van der Waals surface area contributed by atoms with E-state index in [4.69, 9.17) is 0 Å². The predicted octanol–water partition coefficient (Wildman–Crippen LogP) is -3.62. The van der Waals surface area contributed by atoms with Crippen LogP contribution in [0.1, 0.15) is 21.2 Å². The lowest BCUT2D eigenvalue weighted by Crippen LogP contribution is -2.52. The number of aliphatic hydroxyl groups is 4. The molecule has 0 spiro atoms. The molecule has 0 amide bonds. The third-order valence-corrected chi connectivity index (χ3v) is 3.31. The molecule has 2 aromatic heterocycles. The summed E-state index contributed by atoms with van der Waals surface area (Å²) in [6.45, 7) is 0. The summed E-state index contributed by atoms with van der Waals surface area (Å²) in [6.07, 6.45) is -3.23. The Bertz CT molecular complexity index is 733. The minimum absolute atomic E-state index is 0.475. The second-order valence-corrected chi connectivity index (χ2v) is 5.01. The van der Waals surface area contributed by atoms with Crippen molar-refractivity contribution in [3.63, 3.8) is 0 Å². The van der Waals surface area contributed by atoms with Crippen molar-refractivity contribution < 1.29 is 39.6 Å². The van der Waals surface area contributed by atoms with Crippen molar-refractivity contribution in [2.45, 2.75) is 24.4 Å². The van der Waals surface area contributed by atoms with Gasteiger partial charge in [0.1, 0.15) is 36.8 Å². The number of Topliss-reactive ketones (excluding diaryl/α,β-unsaturated/α-hetero) is 4. The SMILES string of the molecule is O=C(C(=O)C(O)C(O)C(O)C(O)C(=O)C(=O)c1n[c]c[nH]1)c1n[c]c[nH]1. The van der Waals surface area contributed by atoms with Crippen LogP contribution in [0.25, 0.3) is 0 Å². The Hall–Kier alpha value is -3.06. The number of aromatic amines is 2. The van der Waals surface area contributed by atoms with Gasteiger partial charge >= 0.3 is 0 Å². The van der Waals surface area contributed by atoms with E-state index in [9.17, 15) is 39.6 Å². The molecule has 0 aliphatic heterocycles. The monoisotopic (exact) mass is 364 g/mol. The van der Waals surface area contributed by atoms with Gasteiger partial charge in [0.15, 0.2) is 11.6 Å². The van der Waals surface area contributed by atoms with Crippen LogP contribution in [0, 0.1) is 12.4 Å². The van der Waals surface area contributed by atoms with Crippen LogP contribution in [0.15, 0.2) is 12.4 Å². The Labute approximate surface area is 144 Å². The summed E-state index contributed by atoms with van der Waals surface area (Å²) < 4.78 is 0. The van der Waals surface area contributed by atoms with Crippen LogP contribution < -0.4 is 0 Å². The molecule has 12 heteroatoms. The average molecular weight is 364 g/mol. The first-order valence-electron chi connectivity index (χ1n) is 6.98. The van der Waals surface area contributed by atoms with E-state index in [1.807, 2.05) is 0 Å². The van der Waals surface area contributed by atoms with E-state index in [-0.39, 0.29) is 0 Å². The molecule has 0 aliphatic carbocycles. The van der Waals surface area contributed by atoms with Crippen LogP contribution in [0.5, 0.6) is 0 Å². The van der Waals surface area contributed by atoms with Crippen LogP contribution in [-0.4, -0.2) is 87.9 Å². The zero-order chi connectivity index (χ0) is 19.4. The first-order chi connectivity index (χ1) is 12.3. The number of carbonyl (C=O) groups is 4. The van der Waals surface area contributed by atoms with E-state index in [0.717, 1.165) is 12.4 Å². The first kappa shape index (κ1) is 19.3. The molecule has 2 aromatic rings. The summed E-state index contributed by atoms with van der Waals surface area (Å²) in [5.74, 6) is -6.73. The average Bonchev–Trinajstić information content (AvgIpc) is 3.36. The van der Waals surface area contributed by atoms with Crippen molar-refractivity contribution in [3.05, 3.63) is 36.4 Å². The molecule has 0 saturated heterocycles. The first-order valence-corrected chi connectivity index (χ1v) is 6.98. The molecule has 4 atom stereocenters. The molecule has 2 radical (unpaired) electrons. The number of nitrogens with one attached hydrogen (secondary N) is 2. The molecule has 2 rings (SSSR count). The second-order valence-electron chi connectivity index (χ2n) is 5.01. The van der Waals surface area contributed by atoms with Gasteiger partial charge in [0.2, 0.25) is 11.6 Å². The Kier molecular flexibility index (Phi) is 5.84. The number of H-pyrrole nitrogens is 2. The number of carbonyl (C=O) groups excluding carboxylic acids is 4. The molecule has 0 aromatic carbocycles. The molecule has 0 fully saturated rings. The van der Waals surface area contributed by atoms with E-state index < -0.39 is 59.2 Å². The highest BCUT2D eigenvalue weighted by Gasteiger charge is 2.41. The van der Waals surface area contributed by atoms with Crippen molar-refractivity contribution in [1.29, 1.82) is 0 Å². The maximum absolute atomic E-state index is 11.8. The van der Waals surface area contributed by atoms with Gasteiger partial charge in [0.05, 0.1) is 0 Å². The van der Waals surface area contributed by atoms with Gasteiger partial charge in [0.25, 0.3) is 11.6 Å². The zero-order valence-corrected chi connectivity index (χ0v) is 12.8.